The number of amides is 2. The molecule has 1 atom stereocenters. The first-order chi connectivity index (χ1) is 13.2. The number of ether oxygens (including phenoxy) is 2. The molecule has 2 fully saturated rings. The Kier molecular flexibility index (Phi) is 5.25. The molecule has 2 aliphatic rings. The van der Waals surface area contributed by atoms with E-state index in [9.17, 15) is 9.59 Å². The van der Waals surface area contributed by atoms with E-state index in [1.165, 1.54) is 0 Å². The maximum Gasteiger partial charge on any atom is 0.260 e. The number of nitrogens with zero attached hydrogens (tertiary/aromatic N) is 2. The van der Waals surface area contributed by atoms with Gasteiger partial charge in [-0.1, -0.05) is 30.3 Å². The number of hydrogen-bond donors (Lipinski definition) is 0. The van der Waals surface area contributed by atoms with Gasteiger partial charge in [-0.3, -0.25) is 9.59 Å². The number of carbonyl (C=O) groups excluding carboxylic acids is 2. The van der Waals surface area contributed by atoms with Crippen molar-refractivity contribution in [1.29, 1.82) is 0 Å². The molecule has 2 heterocycles. The van der Waals surface area contributed by atoms with E-state index in [2.05, 4.69) is 0 Å². The lowest BCUT2D eigenvalue weighted by atomic mass is 10.1. The zero-order valence-corrected chi connectivity index (χ0v) is 15.3. The molecule has 1 unspecified atom stereocenters. The molecule has 6 heteroatoms. The van der Waals surface area contributed by atoms with Gasteiger partial charge in [0.1, 0.15) is 11.9 Å². The van der Waals surface area contributed by atoms with Crippen LogP contribution in [0.25, 0.3) is 10.8 Å². The fourth-order valence-corrected chi connectivity index (χ4v) is 3.65. The van der Waals surface area contributed by atoms with Gasteiger partial charge in [-0.25, -0.2) is 0 Å². The van der Waals surface area contributed by atoms with Crippen LogP contribution in [0.4, 0.5) is 0 Å². The van der Waals surface area contributed by atoms with E-state index in [0.717, 1.165) is 23.6 Å². The van der Waals surface area contributed by atoms with E-state index >= 15 is 0 Å². The van der Waals surface area contributed by atoms with Crippen molar-refractivity contribution in [3.05, 3.63) is 42.5 Å². The molecule has 27 heavy (non-hydrogen) atoms. The average molecular weight is 368 g/mol. The van der Waals surface area contributed by atoms with Crippen LogP contribution in [0.15, 0.2) is 42.5 Å². The maximum atomic E-state index is 12.4. The Morgan fingerprint density at radius 3 is 2.48 bits per heavy atom. The molecule has 2 aliphatic heterocycles. The summed E-state index contributed by atoms with van der Waals surface area (Å²) >= 11 is 0. The number of hydrogen-bond acceptors (Lipinski definition) is 4. The van der Waals surface area contributed by atoms with E-state index in [0.29, 0.717) is 38.5 Å². The third-order valence-corrected chi connectivity index (χ3v) is 5.23. The summed E-state index contributed by atoms with van der Waals surface area (Å²) in [5.41, 5.74) is 0. The third-order valence-electron chi connectivity index (χ3n) is 5.23. The molecule has 0 radical (unpaired) electrons. The predicted octanol–water partition coefficient (Wildman–Crippen LogP) is 2.07. The molecule has 0 saturated carbocycles. The van der Waals surface area contributed by atoms with Gasteiger partial charge in [0.25, 0.3) is 11.8 Å². The summed E-state index contributed by atoms with van der Waals surface area (Å²) in [6.07, 6.45) is 1.46. The van der Waals surface area contributed by atoms with Gasteiger partial charge >= 0.3 is 0 Å². The van der Waals surface area contributed by atoms with Gasteiger partial charge in [0.2, 0.25) is 0 Å². The normalized spacial score (nSPS) is 20.1. The second-order valence-electron chi connectivity index (χ2n) is 7.01. The van der Waals surface area contributed by atoms with Gasteiger partial charge in [-0.15, -0.1) is 0 Å². The van der Waals surface area contributed by atoms with Gasteiger partial charge < -0.3 is 19.3 Å². The van der Waals surface area contributed by atoms with Crippen LogP contribution in [0.3, 0.4) is 0 Å². The van der Waals surface area contributed by atoms with E-state index in [4.69, 9.17) is 9.47 Å². The average Bonchev–Trinajstić information content (AvgIpc) is 3.26. The van der Waals surface area contributed by atoms with E-state index in [-0.39, 0.29) is 24.5 Å². The molecule has 0 aliphatic carbocycles. The molecule has 142 valence electrons. The molecule has 4 rings (SSSR count). The summed E-state index contributed by atoms with van der Waals surface area (Å²) in [7, 11) is 0. The summed E-state index contributed by atoms with van der Waals surface area (Å²) in [6.45, 7) is 2.87. The van der Waals surface area contributed by atoms with Crippen LogP contribution in [0.2, 0.25) is 0 Å². The summed E-state index contributed by atoms with van der Waals surface area (Å²) < 4.78 is 11.2. The Morgan fingerprint density at radius 2 is 1.74 bits per heavy atom. The van der Waals surface area contributed by atoms with Crippen molar-refractivity contribution in [2.45, 2.75) is 18.9 Å². The first-order valence-electron chi connectivity index (χ1n) is 9.50. The number of fused-ring (bicyclic) bond motifs is 1. The van der Waals surface area contributed by atoms with Crippen LogP contribution in [0, 0.1) is 0 Å². The molecular weight excluding hydrogens is 344 g/mol. The fourth-order valence-electron chi connectivity index (χ4n) is 3.65. The van der Waals surface area contributed by atoms with Crippen molar-refractivity contribution in [2.24, 2.45) is 0 Å². The maximum absolute atomic E-state index is 12.4. The largest absolute Gasteiger partial charge is 0.484 e. The van der Waals surface area contributed by atoms with Crippen LogP contribution >= 0.6 is 0 Å². The molecule has 0 spiro atoms. The summed E-state index contributed by atoms with van der Waals surface area (Å²) in [5, 5.41) is 2.23. The van der Waals surface area contributed by atoms with Gasteiger partial charge in [0.15, 0.2) is 6.61 Å². The van der Waals surface area contributed by atoms with Crippen LogP contribution < -0.4 is 4.74 Å². The van der Waals surface area contributed by atoms with Crippen molar-refractivity contribution >= 4 is 22.6 Å². The number of benzene rings is 2. The third kappa shape index (κ3) is 4.06. The van der Waals surface area contributed by atoms with Crippen molar-refractivity contribution in [1.82, 2.24) is 9.80 Å². The van der Waals surface area contributed by atoms with Crippen LogP contribution in [0.1, 0.15) is 12.8 Å². The van der Waals surface area contributed by atoms with Crippen molar-refractivity contribution in [2.75, 3.05) is 39.4 Å². The Labute approximate surface area is 158 Å². The highest BCUT2D eigenvalue weighted by atomic mass is 16.5. The summed E-state index contributed by atoms with van der Waals surface area (Å²) in [6, 6.07) is 13.9. The van der Waals surface area contributed by atoms with Gasteiger partial charge in [0, 0.05) is 32.8 Å². The quantitative estimate of drug-likeness (QED) is 0.829. The minimum atomic E-state index is -0.288. The van der Waals surface area contributed by atoms with Gasteiger partial charge in [-0.2, -0.15) is 0 Å². The highest BCUT2D eigenvalue weighted by Gasteiger charge is 2.31. The predicted molar refractivity (Wildman–Crippen MR) is 102 cm³/mol. The first-order valence-corrected chi connectivity index (χ1v) is 9.50. The monoisotopic (exact) mass is 368 g/mol. The Balaban J connectivity index is 1.27. The Hall–Kier alpha value is -2.60. The lowest BCUT2D eigenvalue weighted by Gasteiger charge is -2.35. The molecule has 2 amide bonds. The SMILES string of the molecule is O=C(COc1ccc2ccccc2c1)N1CCN(C(=O)C2CCCO2)CC1. The van der Waals surface area contributed by atoms with Crippen molar-refractivity contribution < 1.29 is 19.1 Å². The highest BCUT2D eigenvalue weighted by Crippen LogP contribution is 2.21. The molecule has 2 saturated heterocycles. The van der Waals surface area contributed by atoms with Crippen LogP contribution in [-0.2, 0) is 14.3 Å². The molecule has 0 bridgehead atoms. The molecule has 0 aromatic heterocycles. The van der Waals surface area contributed by atoms with Crippen LogP contribution in [-0.4, -0.2) is 67.1 Å². The topological polar surface area (TPSA) is 59.1 Å². The van der Waals surface area contributed by atoms with Gasteiger partial charge in [0.05, 0.1) is 0 Å². The van der Waals surface area contributed by atoms with E-state index < -0.39 is 0 Å². The second kappa shape index (κ2) is 7.96. The summed E-state index contributed by atoms with van der Waals surface area (Å²) in [4.78, 5) is 28.4. The molecule has 6 nitrogen and oxygen atoms in total. The van der Waals surface area contributed by atoms with Crippen molar-refractivity contribution in [3.63, 3.8) is 0 Å². The highest BCUT2D eigenvalue weighted by molar-refractivity contribution is 5.84. The summed E-state index contributed by atoms with van der Waals surface area (Å²) in [5.74, 6) is 0.702. The molecule has 2 aromatic rings. The standard InChI is InChI=1S/C21H24N2O4/c24-20(15-27-18-8-7-16-4-1-2-5-17(16)14-18)22-9-11-23(12-10-22)21(25)19-6-3-13-26-19/h1-2,4-5,7-8,14,19H,3,6,9-13,15H2. The fraction of sp³-hybridized carbons (Fsp3) is 0.429. The Bertz CT molecular complexity index is 824. The van der Waals surface area contributed by atoms with Gasteiger partial charge in [-0.05, 0) is 35.7 Å². The first kappa shape index (κ1) is 17.8. The number of carbonyl (C=O) groups is 2. The van der Waals surface area contributed by atoms with Crippen LogP contribution in [0.5, 0.6) is 5.75 Å². The molecule has 0 N–H and O–H groups in total. The minimum Gasteiger partial charge on any atom is -0.484 e. The number of rotatable bonds is 4. The zero-order valence-electron chi connectivity index (χ0n) is 15.3. The smallest absolute Gasteiger partial charge is 0.260 e. The minimum absolute atomic E-state index is 0.0119. The Morgan fingerprint density at radius 1 is 1.00 bits per heavy atom. The van der Waals surface area contributed by atoms with Crippen molar-refractivity contribution in [3.8, 4) is 5.75 Å². The lowest BCUT2D eigenvalue weighted by molar-refractivity contribution is -0.146. The second-order valence-corrected chi connectivity index (χ2v) is 7.01. The molecular formula is C21H24N2O4. The molecule has 2 aromatic carbocycles. The van der Waals surface area contributed by atoms with E-state index in [1.807, 2.05) is 47.4 Å². The lowest BCUT2D eigenvalue weighted by Crippen LogP contribution is -2.53. The number of piperazine rings is 1. The van der Waals surface area contributed by atoms with E-state index in [1.54, 1.807) is 4.90 Å². The zero-order chi connectivity index (χ0) is 18.6.